The van der Waals surface area contributed by atoms with Crippen molar-refractivity contribution in [1.29, 1.82) is 0 Å². The monoisotopic (exact) mass is 198 g/mol. The van der Waals surface area contributed by atoms with Crippen molar-refractivity contribution in [1.82, 2.24) is 0 Å². The molecule has 0 radical (unpaired) electrons. The molecular formula is C11H15ClO. The van der Waals surface area contributed by atoms with E-state index in [-0.39, 0.29) is 5.38 Å². The van der Waals surface area contributed by atoms with E-state index < -0.39 is 0 Å². The van der Waals surface area contributed by atoms with Gasteiger partial charge in [0.25, 0.3) is 0 Å². The normalized spacial score (nSPS) is 12.6. The van der Waals surface area contributed by atoms with E-state index in [0.717, 1.165) is 5.75 Å². The average molecular weight is 199 g/mol. The molecule has 1 aromatic carbocycles. The summed E-state index contributed by atoms with van der Waals surface area (Å²) >= 11 is 5.78. The standard InChI is InChI=1S/C11H15ClO/c1-8-4-9(2)6-11(5-8)13-7-10(3)12/h4-6,10H,7H2,1-3H3. The lowest BCUT2D eigenvalue weighted by atomic mass is 10.1. The molecule has 0 spiro atoms. The summed E-state index contributed by atoms with van der Waals surface area (Å²) in [6.07, 6.45) is 0. The molecule has 13 heavy (non-hydrogen) atoms. The SMILES string of the molecule is Cc1cc(C)cc(OCC(C)Cl)c1. The highest BCUT2D eigenvalue weighted by Gasteiger charge is 1.99. The fraction of sp³-hybridized carbons (Fsp3) is 0.455. The minimum absolute atomic E-state index is 0.0563. The van der Waals surface area contributed by atoms with Gasteiger partial charge in [0.15, 0.2) is 0 Å². The number of hydrogen-bond donors (Lipinski definition) is 0. The third kappa shape index (κ3) is 3.69. The highest BCUT2D eigenvalue weighted by atomic mass is 35.5. The van der Waals surface area contributed by atoms with Crippen molar-refractivity contribution in [2.45, 2.75) is 26.1 Å². The molecule has 0 aliphatic rings. The lowest BCUT2D eigenvalue weighted by Gasteiger charge is -2.08. The van der Waals surface area contributed by atoms with E-state index in [1.54, 1.807) is 0 Å². The zero-order valence-electron chi connectivity index (χ0n) is 8.30. The van der Waals surface area contributed by atoms with Gasteiger partial charge in [-0.1, -0.05) is 6.07 Å². The zero-order chi connectivity index (χ0) is 9.84. The predicted octanol–water partition coefficient (Wildman–Crippen LogP) is 3.31. The van der Waals surface area contributed by atoms with E-state index >= 15 is 0 Å². The Morgan fingerprint density at radius 3 is 2.23 bits per heavy atom. The van der Waals surface area contributed by atoms with Gasteiger partial charge in [-0.3, -0.25) is 0 Å². The van der Waals surface area contributed by atoms with E-state index in [2.05, 4.69) is 19.9 Å². The smallest absolute Gasteiger partial charge is 0.119 e. The molecule has 1 rings (SSSR count). The second kappa shape index (κ2) is 4.52. The lowest BCUT2D eigenvalue weighted by molar-refractivity contribution is 0.320. The molecule has 0 aliphatic heterocycles. The van der Waals surface area contributed by atoms with Gasteiger partial charge < -0.3 is 4.74 Å². The molecule has 0 heterocycles. The molecule has 1 atom stereocenters. The van der Waals surface area contributed by atoms with Crippen molar-refractivity contribution >= 4 is 11.6 Å². The van der Waals surface area contributed by atoms with Gasteiger partial charge in [-0.25, -0.2) is 0 Å². The summed E-state index contributed by atoms with van der Waals surface area (Å²) in [5.74, 6) is 0.907. The van der Waals surface area contributed by atoms with E-state index in [9.17, 15) is 0 Å². The maximum absolute atomic E-state index is 5.78. The minimum atomic E-state index is 0.0563. The molecule has 1 aromatic rings. The van der Waals surface area contributed by atoms with Crippen LogP contribution in [-0.4, -0.2) is 12.0 Å². The van der Waals surface area contributed by atoms with Crippen LogP contribution in [0.1, 0.15) is 18.1 Å². The second-order valence-electron chi connectivity index (χ2n) is 3.42. The Morgan fingerprint density at radius 2 is 1.77 bits per heavy atom. The van der Waals surface area contributed by atoms with E-state index in [1.165, 1.54) is 11.1 Å². The molecule has 2 heteroatoms. The van der Waals surface area contributed by atoms with Crippen LogP contribution in [0.5, 0.6) is 5.75 Å². The highest BCUT2D eigenvalue weighted by molar-refractivity contribution is 6.20. The molecule has 0 N–H and O–H groups in total. The van der Waals surface area contributed by atoms with Gasteiger partial charge in [0.2, 0.25) is 0 Å². The van der Waals surface area contributed by atoms with Gasteiger partial charge >= 0.3 is 0 Å². The second-order valence-corrected chi connectivity index (χ2v) is 4.16. The van der Waals surface area contributed by atoms with Gasteiger partial charge in [-0.15, -0.1) is 11.6 Å². The number of aryl methyl sites for hydroxylation is 2. The van der Waals surface area contributed by atoms with Crippen LogP contribution in [-0.2, 0) is 0 Å². The summed E-state index contributed by atoms with van der Waals surface area (Å²) < 4.78 is 5.50. The first-order valence-corrected chi connectivity index (χ1v) is 4.87. The van der Waals surface area contributed by atoms with Crippen molar-refractivity contribution in [3.63, 3.8) is 0 Å². The maximum atomic E-state index is 5.78. The van der Waals surface area contributed by atoms with Gasteiger partial charge in [0.05, 0.1) is 5.38 Å². The molecule has 72 valence electrons. The van der Waals surface area contributed by atoms with Crippen molar-refractivity contribution in [3.05, 3.63) is 29.3 Å². The Morgan fingerprint density at radius 1 is 1.23 bits per heavy atom. The van der Waals surface area contributed by atoms with Crippen LogP contribution in [0.4, 0.5) is 0 Å². The molecule has 0 aliphatic carbocycles. The first kappa shape index (κ1) is 10.4. The number of hydrogen-bond acceptors (Lipinski definition) is 1. The summed E-state index contributed by atoms with van der Waals surface area (Å²) in [5, 5.41) is 0.0563. The number of rotatable bonds is 3. The molecule has 0 fully saturated rings. The van der Waals surface area contributed by atoms with Gasteiger partial charge in [-0.05, 0) is 44.0 Å². The van der Waals surface area contributed by atoms with Crippen molar-refractivity contribution in [2.75, 3.05) is 6.61 Å². The lowest BCUT2D eigenvalue weighted by Crippen LogP contribution is -2.07. The summed E-state index contributed by atoms with van der Waals surface area (Å²) in [5.41, 5.74) is 2.44. The van der Waals surface area contributed by atoms with E-state index in [4.69, 9.17) is 16.3 Å². The largest absolute Gasteiger partial charge is 0.492 e. The van der Waals surface area contributed by atoms with Crippen LogP contribution in [0.15, 0.2) is 18.2 Å². The first-order chi connectivity index (χ1) is 6.08. The Labute approximate surface area is 84.7 Å². The number of ether oxygens (including phenoxy) is 1. The summed E-state index contributed by atoms with van der Waals surface area (Å²) in [4.78, 5) is 0. The Hall–Kier alpha value is -0.690. The molecule has 0 saturated carbocycles. The number of benzene rings is 1. The molecular weight excluding hydrogens is 184 g/mol. The first-order valence-electron chi connectivity index (χ1n) is 4.43. The summed E-state index contributed by atoms with van der Waals surface area (Å²) in [6, 6.07) is 6.16. The van der Waals surface area contributed by atoms with Crippen LogP contribution in [0, 0.1) is 13.8 Å². The van der Waals surface area contributed by atoms with Crippen LogP contribution < -0.4 is 4.74 Å². The molecule has 1 unspecified atom stereocenters. The molecule has 0 aromatic heterocycles. The van der Waals surface area contributed by atoms with Gasteiger partial charge in [0, 0.05) is 0 Å². The molecule has 0 amide bonds. The zero-order valence-corrected chi connectivity index (χ0v) is 9.06. The Bertz CT molecular complexity index is 261. The highest BCUT2D eigenvalue weighted by Crippen LogP contribution is 2.16. The van der Waals surface area contributed by atoms with E-state index in [0.29, 0.717) is 6.61 Å². The number of halogens is 1. The number of alkyl halides is 1. The average Bonchev–Trinajstić information content (AvgIpc) is 1.99. The predicted molar refractivity (Wildman–Crippen MR) is 56.7 cm³/mol. The van der Waals surface area contributed by atoms with Crippen LogP contribution >= 0.6 is 11.6 Å². The van der Waals surface area contributed by atoms with Crippen molar-refractivity contribution < 1.29 is 4.74 Å². The van der Waals surface area contributed by atoms with Crippen LogP contribution in [0.3, 0.4) is 0 Å². The van der Waals surface area contributed by atoms with Crippen molar-refractivity contribution in [3.8, 4) is 5.75 Å². The summed E-state index contributed by atoms with van der Waals surface area (Å²) in [6.45, 7) is 6.60. The Kier molecular flexibility index (Phi) is 3.61. The van der Waals surface area contributed by atoms with Gasteiger partial charge in [0.1, 0.15) is 12.4 Å². The fourth-order valence-corrected chi connectivity index (χ4v) is 1.29. The van der Waals surface area contributed by atoms with Crippen LogP contribution in [0.25, 0.3) is 0 Å². The molecule has 0 saturated heterocycles. The Balaban J connectivity index is 2.66. The molecule has 1 nitrogen and oxygen atoms in total. The van der Waals surface area contributed by atoms with Crippen LogP contribution in [0.2, 0.25) is 0 Å². The fourth-order valence-electron chi connectivity index (χ4n) is 1.23. The molecule has 0 bridgehead atoms. The maximum Gasteiger partial charge on any atom is 0.119 e. The topological polar surface area (TPSA) is 9.23 Å². The van der Waals surface area contributed by atoms with Gasteiger partial charge in [-0.2, -0.15) is 0 Å². The quantitative estimate of drug-likeness (QED) is 0.678. The van der Waals surface area contributed by atoms with Crippen molar-refractivity contribution in [2.24, 2.45) is 0 Å². The van der Waals surface area contributed by atoms with E-state index in [1.807, 2.05) is 19.1 Å². The summed E-state index contributed by atoms with van der Waals surface area (Å²) in [7, 11) is 0. The third-order valence-corrected chi connectivity index (χ3v) is 1.80. The third-order valence-electron chi connectivity index (χ3n) is 1.67. The minimum Gasteiger partial charge on any atom is -0.492 e.